The van der Waals surface area contributed by atoms with Gasteiger partial charge >= 0.3 is 0 Å². The van der Waals surface area contributed by atoms with Crippen LogP contribution >= 0.6 is 11.6 Å². The van der Waals surface area contributed by atoms with Crippen molar-refractivity contribution in [2.75, 3.05) is 11.1 Å². The number of nitrogens with two attached hydrogens (primary N) is 1. The molecule has 0 radical (unpaired) electrons. The van der Waals surface area contributed by atoms with Crippen LogP contribution in [0.1, 0.15) is 15.9 Å². The predicted molar refractivity (Wildman–Crippen MR) is 75.0 cm³/mol. The van der Waals surface area contributed by atoms with Gasteiger partial charge in [0, 0.05) is 22.0 Å². The first-order valence-electron chi connectivity index (χ1n) is 5.59. The van der Waals surface area contributed by atoms with Gasteiger partial charge in [-0.3, -0.25) is 4.79 Å². The first-order chi connectivity index (χ1) is 8.95. The van der Waals surface area contributed by atoms with Gasteiger partial charge in [-0.05, 0) is 48.9 Å². The maximum Gasteiger partial charge on any atom is 0.255 e. The number of nitrogen functional groups attached to an aromatic ring is 1. The molecule has 0 saturated heterocycles. The fourth-order valence-electron chi connectivity index (χ4n) is 1.65. The zero-order chi connectivity index (χ0) is 14.0. The smallest absolute Gasteiger partial charge is 0.255 e. The lowest BCUT2D eigenvalue weighted by molar-refractivity contribution is 0.102. The molecule has 0 atom stereocenters. The van der Waals surface area contributed by atoms with Gasteiger partial charge in [0.15, 0.2) is 0 Å². The molecule has 0 aromatic heterocycles. The van der Waals surface area contributed by atoms with Crippen molar-refractivity contribution in [1.82, 2.24) is 0 Å². The summed E-state index contributed by atoms with van der Waals surface area (Å²) < 4.78 is 13.1. The number of anilines is 2. The largest absolute Gasteiger partial charge is 0.399 e. The second-order valence-corrected chi connectivity index (χ2v) is 4.62. The third-order valence-electron chi connectivity index (χ3n) is 2.65. The van der Waals surface area contributed by atoms with Gasteiger partial charge in [-0.25, -0.2) is 4.39 Å². The van der Waals surface area contributed by atoms with Crippen molar-refractivity contribution in [1.29, 1.82) is 0 Å². The molecule has 0 fully saturated rings. The van der Waals surface area contributed by atoms with Crippen molar-refractivity contribution < 1.29 is 9.18 Å². The van der Waals surface area contributed by atoms with Crippen LogP contribution in [0.2, 0.25) is 5.02 Å². The minimum atomic E-state index is -0.503. The predicted octanol–water partition coefficient (Wildman–Crippen LogP) is 3.62. The summed E-state index contributed by atoms with van der Waals surface area (Å²) in [6, 6.07) is 8.79. The molecule has 0 saturated carbocycles. The van der Waals surface area contributed by atoms with Gasteiger partial charge in [0.25, 0.3) is 5.91 Å². The summed E-state index contributed by atoms with van der Waals surface area (Å²) in [5.41, 5.74) is 7.87. The average Bonchev–Trinajstić information content (AvgIpc) is 2.31. The van der Waals surface area contributed by atoms with E-state index in [2.05, 4.69) is 5.32 Å². The van der Waals surface area contributed by atoms with E-state index in [1.807, 2.05) is 6.92 Å². The van der Waals surface area contributed by atoms with E-state index in [0.29, 0.717) is 16.9 Å². The second kappa shape index (κ2) is 5.28. The van der Waals surface area contributed by atoms with Gasteiger partial charge in [-0.15, -0.1) is 0 Å². The van der Waals surface area contributed by atoms with E-state index in [4.69, 9.17) is 17.3 Å². The molecule has 2 aromatic carbocycles. The lowest BCUT2D eigenvalue weighted by Crippen LogP contribution is -2.12. The van der Waals surface area contributed by atoms with Crippen molar-refractivity contribution in [3.8, 4) is 0 Å². The summed E-state index contributed by atoms with van der Waals surface area (Å²) in [6.45, 7) is 1.81. The molecule has 3 N–H and O–H groups in total. The maximum absolute atomic E-state index is 13.1. The SMILES string of the molecule is Cc1cc(C(=O)Nc2cc(F)cc(Cl)c2)ccc1N. The summed E-state index contributed by atoms with van der Waals surface area (Å²) in [7, 11) is 0. The zero-order valence-corrected chi connectivity index (χ0v) is 11.0. The Morgan fingerprint density at radius 3 is 2.63 bits per heavy atom. The number of aryl methyl sites for hydroxylation is 1. The van der Waals surface area contributed by atoms with Gasteiger partial charge in [-0.1, -0.05) is 11.6 Å². The molecule has 0 aliphatic carbocycles. The Labute approximate surface area is 115 Å². The molecule has 3 nitrogen and oxygen atoms in total. The highest BCUT2D eigenvalue weighted by Gasteiger charge is 2.08. The summed E-state index contributed by atoms with van der Waals surface area (Å²) in [6.07, 6.45) is 0. The molecule has 0 bridgehead atoms. The van der Waals surface area contributed by atoms with E-state index in [-0.39, 0.29) is 10.9 Å². The van der Waals surface area contributed by atoms with Crippen molar-refractivity contribution in [3.63, 3.8) is 0 Å². The molecule has 0 unspecified atom stereocenters. The molecule has 2 aromatic rings. The number of rotatable bonds is 2. The number of carbonyl (C=O) groups is 1. The first-order valence-corrected chi connectivity index (χ1v) is 5.97. The highest BCUT2D eigenvalue weighted by Crippen LogP contribution is 2.19. The van der Waals surface area contributed by atoms with E-state index in [0.717, 1.165) is 5.56 Å². The van der Waals surface area contributed by atoms with Crippen LogP contribution in [0.3, 0.4) is 0 Å². The standard InChI is InChI=1S/C14H12ClFN2O/c1-8-4-9(2-3-13(8)17)14(19)18-12-6-10(15)5-11(16)7-12/h2-7H,17H2,1H3,(H,18,19). The third kappa shape index (κ3) is 3.23. The van der Waals surface area contributed by atoms with Crippen molar-refractivity contribution in [2.45, 2.75) is 6.92 Å². The van der Waals surface area contributed by atoms with Gasteiger partial charge in [-0.2, -0.15) is 0 Å². The van der Waals surface area contributed by atoms with Crippen LogP contribution in [0.15, 0.2) is 36.4 Å². The van der Waals surface area contributed by atoms with Crippen LogP contribution in [0.25, 0.3) is 0 Å². The monoisotopic (exact) mass is 278 g/mol. The fraction of sp³-hybridized carbons (Fsp3) is 0.0714. The van der Waals surface area contributed by atoms with Gasteiger partial charge in [0.05, 0.1) is 0 Å². The van der Waals surface area contributed by atoms with Gasteiger partial charge in [0.2, 0.25) is 0 Å². The number of carbonyl (C=O) groups excluding carboxylic acids is 1. The molecule has 0 aliphatic rings. The average molecular weight is 279 g/mol. The molecule has 0 heterocycles. The van der Waals surface area contributed by atoms with Crippen LogP contribution in [0, 0.1) is 12.7 Å². The molecule has 0 spiro atoms. The van der Waals surface area contributed by atoms with E-state index in [1.165, 1.54) is 18.2 Å². The minimum absolute atomic E-state index is 0.226. The molecule has 19 heavy (non-hydrogen) atoms. The third-order valence-corrected chi connectivity index (χ3v) is 2.87. The Balaban J connectivity index is 2.22. The maximum atomic E-state index is 13.1. The van der Waals surface area contributed by atoms with Crippen LogP contribution in [-0.2, 0) is 0 Å². The van der Waals surface area contributed by atoms with E-state index in [9.17, 15) is 9.18 Å². The minimum Gasteiger partial charge on any atom is -0.399 e. The number of amides is 1. The Hall–Kier alpha value is -2.07. The lowest BCUT2D eigenvalue weighted by Gasteiger charge is -2.07. The number of nitrogens with one attached hydrogen (secondary N) is 1. The summed E-state index contributed by atoms with van der Waals surface area (Å²) in [5.74, 6) is -0.846. The molecular weight excluding hydrogens is 267 g/mol. The normalized spacial score (nSPS) is 10.3. The van der Waals surface area contributed by atoms with Crippen LogP contribution < -0.4 is 11.1 Å². The van der Waals surface area contributed by atoms with E-state index < -0.39 is 5.82 Å². The summed E-state index contributed by atoms with van der Waals surface area (Å²) in [4.78, 5) is 12.0. The van der Waals surface area contributed by atoms with Crippen LogP contribution in [0.5, 0.6) is 0 Å². The Kier molecular flexibility index (Phi) is 3.71. The molecule has 0 aliphatic heterocycles. The number of hydrogen-bond acceptors (Lipinski definition) is 2. The second-order valence-electron chi connectivity index (χ2n) is 4.18. The number of halogens is 2. The number of hydrogen-bond donors (Lipinski definition) is 2. The van der Waals surface area contributed by atoms with Crippen molar-refractivity contribution in [3.05, 3.63) is 58.4 Å². The highest BCUT2D eigenvalue weighted by molar-refractivity contribution is 6.31. The van der Waals surface area contributed by atoms with Crippen molar-refractivity contribution >= 4 is 28.9 Å². The first kappa shape index (κ1) is 13.4. The quantitative estimate of drug-likeness (QED) is 0.824. The van der Waals surface area contributed by atoms with Gasteiger partial charge < -0.3 is 11.1 Å². The lowest BCUT2D eigenvalue weighted by atomic mass is 10.1. The fourth-order valence-corrected chi connectivity index (χ4v) is 1.87. The van der Waals surface area contributed by atoms with Crippen molar-refractivity contribution in [2.24, 2.45) is 0 Å². The Morgan fingerprint density at radius 2 is 2.00 bits per heavy atom. The molecule has 5 heteroatoms. The van der Waals surface area contributed by atoms with Gasteiger partial charge in [0.1, 0.15) is 5.82 Å². The Morgan fingerprint density at radius 1 is 1.26 bits per heavy atom. The Bertz CT molecular complexity index is 623. The molecule has 2 rings (SSSR count). The highest BCUT2D eigenvalue weighted by atomic mass is 35.5. The summed E-state index contributed by atoms with van der Waals surface area (Å²) >= 11 is 5.72. The van der Waals surface area contributed by atoms with E-state index >= 15 is 0 Å². The van der Waals surface area contributed by atoms with Crippen LogP contribution in [0.4, 0.5) is 15.8 Å². The molecule has 1 amide bonds. The van der Waals surface area contributed by atoms with Crippen LogP contribution in [-0.4, -0.2) is 5.91 Å². The van der Waals surface area contributed by atoms with E-state index in [1.54, 1.807) is 18.2 Å². The topological polar surface area (TPSA) is 55.1 Å². The zero-order valence-electron chi connectivity index (χ0n) is 10.2. The summed E-state index contributed by atoms with van der Waals surface area (Å²) in [5, 5.41) is 2.81. The molecule has 98 valence electrons. The molecular formula is C14H12ClFN2O. The number of benzene rings is 2.